The maximum atomic E-state index is 5.92. The summed E-state index contributed by atoms with van der Waals surface area (Å²) in [4.78, 5) is 11.2. The summed E-state index contributed by atoms with van der Waals surface area (Å²) in [5, 5.41) is 3.38. The molecule has 1 aliphatic heterocycles. The van der Waals surface area contributed by atoms with Crippen molar-refractivity contribution in [1.82, 2.24) is 14.9 Å². The molecule has 2 aromatic rings. The summed E-state index contributed by atoms with van der Waals surface area (Å²) >= 11 is 0. The van der Waals surface area contributed by atoms with Crippen LogP contribution in [0.5, 0.6) is 0 Å². The second kappa shape index (κ2) is 8.27. The van der Waals surface area contributed by atoms with Gasteiger partial charge in [0.1, 0.15) is 5.82 Å². The molecule has 2 heterocycles. The summed E-state index contributed by atoms with van der Waals surface area (Å²) in [6.45, 7) is 9.88. The van der Waals surface area contributed by atoms with Gasteiger partial charge in [-0.3, -0.25) is 4.90 Å². The van der Waals surface area contributed by atoms with Crippen LogP contribution >= 0.6 is 0 Å². The summed E-state index contributed by atoms with van der Waals surface area (Å²) in [5.41, 5.74) is 10.4. The number of aromatic nitrogens is 2. The molecule has 0 amide bonds. The van der Waals surface area contributed by atoms with Crippen LogP contribution in [0.3, 0.4) is 0 Å². The van der Waals surface area contributed by atoms with E-state index in [1.807, 2.05) is 12.1 Å². The molecule has 25 heavy (non-hydrogen) atoms. The molecule has 0 radical (unpaired) electrons. The Balaban J connectivity index is 1.62. The molecule has 0 saturated carbocycles. The van der Waals surface area contributed by atoms with Crippen LogP contribution in [-0.4, -0.2) is 54.3 Å². The fraction of sp³-hybridized carbons (Fsp3) is 0.474. The zero-order valence-corrected chi connectivity index (χ0v) is 15.1. The zero-order valence-electron chi connectivity index (χ0n) is 15.1. The Morgan fingerprint density at radius 2 is 2.00 bits per heavy atom. The third-order valence-electron chi connectivity index (χ3n) is 4.68. The van der Waals surface area contributed by atoms with Gasteiger partial charge in [-0.1, -0.05) is 18.2 Å². The lowest BCUT2D eigenvalue weighted by atomic mass is 10.0. The number of rotatable bonds is 6. The van der Waals surface area contributed by atoms with Crippen molar-refractivity contribution in [3.05, 3.63) is 35.4 Å². The third-order valence-corrected chi connectivity index (χ3v) is 4.68. The van der Waals surface area contributed by atoms with Crippen molar-refractivity contribution in [2.75, 3.05) is 50.4 Å². The third kappa shape index (κ3) is 4.67. The van der Waals surface area contributed by atoms with Crippen molar-refractivity contribution in [3.63, 3.8) is 0 Å². The Kier molecular flexibility index (Phi) is 5.83. The first kappa shape index (κ1) is 17.6. The first-order chi connectivity index (χ1) is 12.1. The smallest absolute Gasteiger partial charge is 0.222 e. The number of aryl methyl sites for hydroxylation is 1. The highest BCUT2D eigenvalue weighted by Crippen LogP contribution is 2.25. The van der Waals surface area contributed by atoms with Crippen molar-refractivity contribution in [1.29, 1.82) is 0 Å². The molecule has 0 spiro atoms. The van der Waals surface area contributed by atoms with Gasteiger partial charge < -0.3 is 15.8 Å². The minimum Gasteiger partial charge on any atom is -0.379 e. The summed E-state index contributed by atoms with van der Waals surface area (Å²) in [7, 11) is 0. The van der Waals surface area contributed by atoms with E-state index >= 15 is 0 Å². The van der Waals surface area contributed by atoms with Crippen molar-refractivity contribution in [3.8, 4) is 11.3 Å². The molecule has 1 aromatic carbocycles. The minimum atomic E-state index is 0.300. The standard InChI is InChI=1S/C19H27N5O/c1-14-5-3-6-16(15(14)2)17-13-18(23-19(20)22-17)21-7-4-8-24-9-11-25-12-10-24/h3,5-6,13H,4,7-12H2,1-2H3,(H3,20,21,22,23). The molecular weight excluding hydrogens is 314 g/mol. The fourth-order valence-electron chi connectivity index (χ4n) is 3.07. The highest BCUT2D eigenvalue weighted by molar-refractivity contribution is 5.68. The molecule has 3 rings (SSSR count). The number of hydrogen-bond donors (Lipinski definition) is 2. The SMILES string of the molecule is Cc1cccc(-c2cc(NCCCN3CCOCC3)nc(N)n2)c1C. The molecular formula is C19H27N5O. The van der Waals surface area contributed by atoms with Crippen molar-refractivity contribution in [2.45, 2.75) is 20.3 Å². The predicted molar refractivity (Wildman–Crippen MR) is 102 cm³/mol. The topological polar surface area (TPSA) is 76.3 Å². The Labute approximate surface area is 149 Å². The summed E-state index contributed by atoms with van der Waals surface area (Å²) in [6.07, 6.45) is 1.06. The van der Waals surface area contributed by atoms with Crippen LogP contribution in [0.1, 0.15) is 17.5 Å². The van der Waals surface area contributed by atoms with Gasteiger partial charge in [0.25, 0.3) is 0 Å². The molecule has 0 unspecified atom stereocenters. The van der Waals surface area contributed by atoms with Gasteiger partial charge in [-0.2, -0.15) is 4.98 Å². The van der Waals surface area contributed by atoms with Crippen molar-refractivity contribution in [2.24, 2.45) is 0 Å². The van der Waals surface area contributed by atoms with Gasteiger partial charge in [0.05, 0.1) is 18.9 Å². The maximum Gasteiger partial charge on any atom is 0.222 e. The molecule has 134 valence electrons. The molecule has 1 aliphatic rings. The highest BCUT2D eigenvalue weighted by Gasteiger charge is 2.10. The van der Waals surface area contributed by atoms with E-state index < -0.39 is 0 Å². The number of benzene rings is 1. The van der Waals surface area contributed by atoms with E-state index in [4.69, 9.17) is 10.5 Å². The van der Waals surface area contributed by atoms with Gasteiger partial charge in [-0.05, 0) is 37.9 Å². The fourth-order valence-corrected chi connectivity index (χ4v) is 3.07. The Morgan fingerprint density at radius 1 is 1.20 bits per heavy atom. The summed E-state index contributed by atoms with van der Waals surface area (Å²) < 4.78 is 5.37. The molecule has 1 aromatic heterocycles. The minimum absolute atomic E-state index is 0.300. The van der Waals surface area contributed by atoms with E-state index in [9.17, 15) is 0 Å². The summed E-state index contributed by atoms with van der Waals surface area (Å²) in [5.74, 6) is 1.08. The van der Waals surface area contributed by atoms with E-state index in [1.54, 1.807) is 0 Å². The number of morpholine rings is 1. The van der Waals surface area contributed by atoms with Crippen LogP contribution in [0.2, 0.25) is 0 Å². The average Bonchev–Trinajstić information content (AvgIpc) is 2.61. The molecule has 0 atom stereocenters. The zero-order chi connectivity index (χ0) is 17.6. The quantitative estimate of drug-likeness (QED) is 0.786. The average molecular weight is 341 g/mol. The first-order valence-corrected chi connectivity index (χ1v) is 8.88. The van der Waals surface area contributed by atoms with Crippen LogP contribution < -0.4 is 11.1 Å². The van der Waals surface area contributed by atoms with Gasteiger partial charge in [-0.25, -0.2) is 4.98 Å². The number of nitrogens with two attached hydrogens (primary N) is 1. The van der Waals surface area contributed by atoms with Gasteiger partial charge in [0, 0.05) is 31.3 Å². The number of nitrogens with one attached hydrogen (secondary N) is 1. The number of nitrogens with zero attached hydrogens (tertiary/aromatic N) is 3. The normalized spacial score (nSPS) is 15.3. The van der Waals surface area contributed by atoms with Crippen LogP contribution in [-0.2, 0) is 4.74 Å². The lowest BCUT2D eigenvalue weighted by molar-refractivity contribution is 0.0378. The van der Waals surface area contributed by atoms with Crippen molar-refractivity contribution < 1.29 is 4.74 Å². The second-order valence-electron chi connectivity index (χ2n) is 6.48. The van der Waals surface area contributed by atoms with Crippen LogP contribution in [0.15, 0.2) is 24.3 Å². The Morgan fingerprint density at radius 3 is 2.80 bits per heavy atom. The van der Waals surface area contributed by atoms with Gasteiger partial charge in [0.2, 0.25) is 5.95 Å². The molecule has 6 nitrogen and oxygen atoms in total. The Bertz CT molecular complexity index is 713. The first-order valence-electron chi connectivity index (χ1n) is 8.88. The molecule has 0 bridgehead atoms. The van der Waals surface area contributed by atoms with E-state index in [0.29, 0.717) is 5.95 Å². The van der Waals surface area contributed by atoms with E-state index in [2.05, 4.69) is 46.2 Å². The molecule has 3 N–H and O–H groups in total. The van der Waals surface area contributed by atoms with Gasteiger partial charge in [0.15, 0.2) is 0 Å². The number of hydrogen-bond acceptors (Lipinski definition) is 6. The lowest BCUT2D eigenvalue weighted by Crippen LogP contribution is -2.37. The molecule has 1 fully saturated rings. The molecule has 1 saturated heterocycles. The molecule has 6 heteroatoms. The van der Waals surface area contributed by atoms with Crippen LogP contribution in [0.25, 0.3) is 11.3 Å². The predicted octanol–water partition coefficient (Wildman–Crippen LogP) is 2.48. The monoisotopic (exact) mass is 341 g/mol. The van der Waals surface area contributed by atoms with Gasteiger partial charge >= 0.3 is 0 Å². The second-order valence-corrected chi connectivity index (χ2v) is 6.48. The van der Waals surface area contributed by atoms with E-state index in [1.165, 1.54) is 11.1 Å². The van der Waals surface area contributed by atoms with Gasteiger partial charge in [-0.15, -0.1) is 0 Å². The number of nitrogen functional groups attached to an aromatic ring is 1. The molecule has 0 aliphatic carbocycles. The largest absolute Gasteiger partial charge is 0.379 e. The Hall–Kier alpha value is -2.18. The maximum absolute atomic E-state index is 5.92. The van der Waals surface area contributed by atoms with Crippen molar-refractivity contribution >= 4 is 11.8 Å². The summed E-state index contributed by atoms with van der Waals surface area (Å²) in [6, 6.07) is 8.21. The lowest BCUT2D eigenvalue weighted by Gasteiger charge is -2.26. The number of anilines is 2. The highest BCUT2D eigenvalue weighted by atomic mass is 16.5. The van der Waals surface area contributed by atoms with E-state index in [-0.39, 0.29) is 0 Å². The van der Waals surface area contributed by atoms with Crippen LogP contribution in [0, 0.1) is 13.8 Å². The van der Waals surface area contributed by atoms with Crippen LogP contribution in [0.4, 0.5) is 11.8 Å². The van der Waals surface area contributed by atoms with E-state index in [0.717, 1.165) is 62.9 Å². The number of ether oxygens (including phenoxy) is 1.